The van der Waals surface area contributed by atoms with Crippen LogP contribution < -0.4 is 5.32 Å². The summed E-state index contributed by atoms with van der Waals surface area (Å²) in [6, 6.07) is 6.20. The molecule has 6 heteroatoms. The fraction of sp³-hybridized carbons (Fsp3) is 0.500. The molecule has 2 unspecified atom stereocenters. The van der Waals surface area contributed by atoms with Crippen molar-refractivity contribution in [1.29, 1.82) is 0 Å². The monoisotopic (exact) mass is 252 g/mol. The highest BCUT2D eigenvalue weighted by atomic mass is 16.6. The summed E-state index contributed by atoms with van der Waals surface area (Å²) < 4.78 is 5.30. The van der Waals surface area contributed by atoms with Crippen LogP contribution in [0, 0.1) is 10.1 Å². The van der Waals surface area contributed by atoms with Crippen LogP contribution in [-0.4, -0.2) is 35.8 Å². The van der Waals surface area contributed by atoms with E-state index in [1.165, 1.54) is 12.1 Å². The van der Waals surface area contributed by atoms with E-state index in [4.69, 9.17) is 4.74 Å². The number of aliphatic hydroxyl groups excluding tert-OH is 1. The van der Waals surface area contributed by atoms with Crippen LogP contribution in [0.25, 0.3) is 0 Å². The number of nitrogens with zero attached hydrogens (tertiary/aromatic N) is 1. The summed E-state index contributed by atoms with van der Waals surface area (Å²) in [7, 11) is 0. The Morgan fingerprint density at radius 3 is 3.11 bits per heavy atom. The molecule has 1 aromatic carbocycles. The maximum Gasteiger partial charge on any atom is 0.269 e. The molecule has 0 radical (unpaired) electrons. The van der Waals surface area contributed by atoms with Crippen LogP contribution in [0.1, 0.15) is 18.1 Å². The Kier molecular flexibility index (Phi) is 4.24. The van der Waals surface area contributed by atoms with Crippen molar-refractivity contribution in [2.45, 2.75) is 18.6 Å². The molecule has 0 aromatic heterocycles. The highest BCUT2D eigenvalue weighted by molar-refractivity contribution is 5.35. The number of hydrogen-bond donors (Lipinski definition) is 2. The molecule has 98 valence electrons. The number of ether oxygens (including phenoxy) is 1. The van der Waals surface area contributed by atoms with E-state index in [9.17, 15) is 15.2 Å². The van der Waals surface area contributed by atoms with Crippen molar-refractivity contribution >= 4 is 5.69 Å². The van der Waals surface area contributed by atoms with Crippen molar-refractivity contribution < 1.29 is 14.8 Å². The van der Waals surface area contributed by atoms with Gasteiger partial charge in [0.1, 0.15) is 0 Å². The third kappa shape index (κ3) is 3.25. The molecule has 6 nitrogen and oxygen atoms in total. The Labute approximate surface area is 105 Å². The van der Waals surface area contributed by atoms with E-state index >= 15 is 0 Å². The van der Waals surface area contributed by atoms with Gasteiger partial charge < -0.3 is 15.2 Å². The number of hydrogen-bond acceptors (Lipinski definition) is 5. The smallest absolute Gasteiger partial charge is 0.269 e. The number of nitrogens with one attached hydrogen (secondary N) is 1. The minimum atomic E-state index is -0.718. The highest BCUT2D eigenvalue weighted by Gasteiger charge is 2.19. The summed E-state index contributed by atoms with van der Waals surface area (Å²) in [5.41, 5.74) is 0.566. The average molecular weight is 252 g/mol. The van der Waals surface area contributed by atoms with E-state index in [1.54, 1.807) is 12.1 Å². The molecule has 1 fully saturated rings. The predicted octanol–water partition coefficient (Wildman–Crippen LogP) is 1.01. The molecule has 2 atom stereocenters. The van der Waals surface area contributed by atoms with Crippen LogP contribution >= 0.6 is 0 Å². The van der Waals surface area contributed by atoms with Crippen LogP contribution in [0.2, 0.25) is 0 Å². The molecule has 0 bridgehead atoms. The second-order valence-corrected chi connectivity index (χ2v) is 4.33. The lowest BCUT2D eigenvalue weighted by molar-refractivity contribution is -0.385. The Morgan fingerprint density at radius 2 is 2.44 bits per heavy atom. The normalized spacial score (nSPS) is 21.5. The third-order valence-electron chi connectivity index (χ3n) is 2.97. The van der Waals surface area contributed by atoms with Gasteiger partial charge in [-0.25, -0.2) is 0 Å². The Morgan fingerprint density at radius 1 is 1.61 bits per heavy atom. The number of nitro groups is 1. The Bertz CT molecular complexity index is 418. The molecule has 2 rings (SSSR count). The van der Waals surface area contributed by atoms with Gasteiger partial charge >= 0.3 is 0 Å². The zero-order valence-corrected chi connectivity index (χ0v) is 9.91. The first-order chi connectivity index (χ1) is 8.66. The van der Waals surface area contributed by atoms with E-state index in [0.717, 1.165) is 6.54 Å². The van der Waals surface area contributed by atoms with E-state index in [0.29, 0.717) is 25.2 Å². The first-order valence-electron chi connectivity index (χ1n) is 5.90. The van der Waals surface area contributed by atoms with Crippen molar-refractivity contribution in [1.82, 2.24) is 5.32 Å². The van der Waals surface area contributed by atoms with Gasteiger partial charge in [-0.05, 0) is 12.0 Å². The lowest BCUT2D eigenvalue weighted by Crippen LogP contribution is -2.42. The molecule has 0 amide bonds. The molecule has 1 saturated heterocycles. The molecule has 0 aliphatic carbocycles. The lowest BCUT2D eigenvalue weighted by Gasteiger charge is -2.25. The number of morpholine rings is 1. The summed E-state index contributed by atoms with van der Waals surface area (Å²) >= 11 is 0. The van der Waals surface area contributed by atoms with E-state index in [-0.39, 0.29) is 11.7 Å². The number of non-ortho nitro benzene ring substituents is 1. The number of benzene rings is 1. The Balaban J connectivity index is 2.01. The predicted molar refractivity (Wildman–Crippen MR) is 65.3 cm³/mol. The molecule has 2 N–H and O–H groups in total. The van der Waals surface area contributed by atoms with Gasteiger partial charge in [0.25, 0.3) is 5.69 Å². The van der Waals surface area contributed by atoms with Crippen molar-refractivity contribution in [3.05, 3.63) is 39.9 Å². The van der Waals surface area contributed by atoms with Gasteiger partial charge in [0, 0.05) is 24.7 Å². The topological polar surface area (TPSA) is 84.6 Å². The summed E-state index contributed by atoms with van der Waals surface area (Å²) in [6.07, 6.45) is -0.231. The van der Waals surface area contributed by atoms with Crippen LogP contribution in [0.15, 0.2) is 24.3 Å². The van der Waals surface area contributed by atoms with Crippen molar-refractivity contribution in [3.63, 3.8) is 0 Å². The van der Waals surface area contributed by atoms with E-state index < -0.39 is 11.0 Å². The highest BCUT2D eigenvalue weighted by Crippen LogP contribution is 2.23. The van der Waals surface area contributed by atoms with Gasteiger partial charge in [0.05, 0.1) is 24.2 Å². The number of aliphatic hydroxyl groups is 1. The first-order valence-corrected chi connectivity index (χ1v) is 5.90. The molecule has 0 saturated carbocycles. The van der Waals surface area contributed by atoms with Crippen molar-refractivity contribution in [3.8, 4) is 0 Å². The summed E-state index contributed by atoms with van der Waals surface area (Å²) in [5, 5.41) is 24.0. The van der Waals surface area contributed by atoms with E-state index in [2.05, 4.69) is 5.32 Å². The van der Waals surface area contributed by atoms with Crippen molar-refractivity contribution in [2.75, 3.05) is 19.8 Å². The second-order valence-electron chi connectivity index (χ2n) is 4.33. The molecule has 1 aliphatic rings. The van der Waals surface area contributed by atoms with E-state index in [1.807, 2.05) is 0 Å². The summed E-state index contributed by atoms with van der Waals surface area (Å²) in [6.45, 7) is 2.02. The molecular weight excluding hydrogens is 236 g/mol. The summed E-state index contributed by atoms with van der Waals surface area (Å²) in [5.74, 6) is 0. The fourth-order valence-corrected chi connectivity index (χ4v) is 2.02. The molecule has 1 aromatic rings. The first kappa shape index (κ1) is 12.9. The summed E-state index contributed by atoms with van der Waals surface area (Å²) in [4.78, 5) is 10.2. The van der Waals surface area contributed by atoms with Gasteiger partial charge in [0.15, 0.2) is 0 Å². The van der Waals surface area contributed by atoms with Crippen LogP contribution in [0.5, 0.6) is 0 Å². The zero-order valence-electron chi connectivity index (χ0n) is 9.91. The van der Waals surface area contributed by atoms with Crippen LogP contribution in [-0.2, 0) is 4.74 Å². The maximum absolute atomic E-state index is 10.7. The maximum atomic E-state index is 10.7. The number of rotatable bonds is 4. The molecule has 0 spiro atoms. The van der Waals surface area contributed by atoms with Crippen molar-refractivity contribution in [2.24, 2.45) is 0 Å². The molecule has 1 heterocycles. The second kappa shape index (κ2) is 5.90. The quantitative estimate of drug-likeness (QED) is 0.617. The lowest BCUT2D eigenvalue weighted by atomic mass is 10.0. The Hall–Kier alpha value is -1.50. The third-order valence-corrected chi connectivity index (χ3v) is 2.97. The standard InChI is InChI=1S/C12H16N2O4/c15-12(7-10-8-18-5-4-13-10)9-2-1-3-11(6-9)14(16)17/h1-3,6,10,12-13,15H,4-5,7-8H2. The van der Waals surface area contributed by atoms with Gasteiger partial charge in [0.2, 0.25) is 0 Å². The minimum absolute atomic E-state index is 0.000552. The largest absolute Gasteiger partial charge is 0.388 e. The molecule has 18 heavy (non-hydrogen) atoms. The minimum Gasteiger partial charge on any atom is -0.388 e. The zero-order chi connectivity index (χ0) is 13.0. The van der Waals surface area contributed by atoms with Crippen LogP contribution in [0.3, 0.4) is 0 Å². The molecule has 1 aliphatic heterocycles. The van der Waals surface area contributed by atoms with Gasteiger partial charge in [-0.2, -0.15) is 0 Å². The average Bonchev–Trinajstić information content (AvgIpc) is 2.40. The van der Waals surface area contributed by atoms with Crippen LogP contribution in [0.4, 0.5) is 5.69 Å². The fourth-order valence-electron chi connectivity index (χ4n) is 2.02. The number of nitro benzene ring substituents is 1. The molecular formula is C12H16N2O4. The van der Waals surface area contributed by atoms with Gasteiger partial charge in [-0.1, -0.05) is 12.1 Å². The van der Waals surface area contributed by atoms with Gasteiger partial charge in [-0.3, -0.25) is 10.1 Å². The SMILES string of the molecule is O=[N+]([O-])c1cccc(C(O)CC2COCCN2)c1. The van der Waals surface area contributed by atoms with Gasteiger partial charge in [-0.15, -0.1) is 0 Å².